The van der Waals surface area contributed by atoms with Crippen LogP contribution in [0.5, 0.6) is 5.75 Å². The van der Waals surface area contributed by atoms with Gasteiger partial charge in [-0.1, -0.05) is 35.9 Å². The number of methoxy groups -OCH3 is 1. The molecule has 176 valence electrons. The van der Waals surface area contributed by atoms with Crippen LogP contribution in [0.25, 0.3) is 0 Å². The van der Waals surface area contributed by atoms with E-state index in [1.165, 1.54) is 4.90 Å². The number of halogens is 1. The molecule has 0 bridgehead atoms. The quantitative estimate of drug-likeness (QED) is 0.537. The topological polar surface area (TPSA) is 125 Å². The zero-order valence-corrected chi connectivity index (χ0v) is 19.0. The molecule has 9 nitrogen and oxygen atoms in total. The SMILES string of the molecule is COc1ccc(CN2C(=O)[C@@H]3[C@H](CCC(=O)O)N[C@]4(C(=O)Nc5c(Cl)cccc54)[C@@H]3C2=O)cc1. The molecule has 10 heteroatoms. The summed E-state index contributed by atoms with van der Waals surface area (Å²) in [6.45, 7) is 0.0421. The number of para-hydroxylation sites is 1. The third kappa shape index (κ3) is 3.19. The lowest BCUT2D eigenvalue weighted by molar-refractivity contribution is -0.144. The molecular formula is C24H22ClN3O6. The summed E-state index contributed by atoms with van der Waals surface area (Å²) in [7, 11) is 1.55. The fourth-order valence-corrected chi connectivity index (χ4v) is 5.67. The molecule has 3 aliphatic rings. The summed E-state index contributed by atoms with van der Waals surface area (Å²) in [4.78, 5) is 53.1. The van der Waals surface area contributed by atoms with E-state index >= 15 is 0 Å². The van der Waals surface area contributed by atoms with Gasteiger partial charge in [0.1, 0.15) is 11.3 Å². The van der Waals surface area contributed by atoms with Gasteiger partial charge in [0.15, 0.2) is 0 Å². The highest BCUT2D eigenvalue weighted by molar-refractivity contribution is 6.35. The predicted molar refractivity (Wildman–Crippen MR) is 121 cm³/mol. The van der Waals surface area contributed by atoms with Crippen LogP contribution in [0, 0.1) is 11.8 Å². The summed E-state index contributed by atoms with van der Waals surface area (Å²) in [5, 5.41) is 15.5. The number of imide groups is 1. The number of fused-ring (bicyclic) bond motifs is 4. The number of carbonyl (C=O) groups excluding carboxylic acids is 3. The molecule has 3 amide bonds. The Balaban J connectivity index is 1.56. The number of carboxylic acid groups (broad SMARTS) is 1. The normalized spacial score (nSPS) is 27.2. The van der Waals surface area contributed by atoms with Crippen molar-refractivity contribution in [3.05, 3.63) is 58.6 Å². The number of rotatable bonds is 6. The third-order valence-electron chi connectivity index (χ3n) is 6.96. The lowest BCUT2D eigenvalue weighted by atomic mass is 9.76. The number of nitrogens with zero attached hydrogens (tertiary/aromatic N) is 1. The molecule has 0 aromatic heterocycles. The average Bonchev–Trinajstić information content (AvgIpc) is 3.40. The molecule has 2 saturated heterocycles. The number of aliphatic carboxylic acids is 1. The Labute approximate surface area is 200 Å². The summed E-state index contributed by atoms with van der Waals surface area (Å²) in [5.41, 5.74) is 0.111. The number of likely N-dealkylation sites (tertiary alicyclic amines) is 1. The third-order valence-corrected chi connectivity index (χ3v) is 7.27. The van der Waals surface area contributed by atoms with E-state index in [9.17, 15) is 24.3 Å². The smallest absolute Gasteiger partial charge is 0.303 e. The highest BCUT2D eigenvalue weighted by Crippen LogP contribution is 2.54. The summed E-state index contributed by atoms with van der Waals surface area (Å²) in [6.07, 6.45) is -0.113. The van der Waals surface area contributed by atoms with Gasteiger partial charge in [-0.2, -0.15) is 0 Å². The standard InChI is InChI=1S/C24H22ClN3O6/c1-34-13-7-5-12(6-8-13)11-28-21(31)18-16(9-10-17(29)30)27-24(19(18)22(28)32)14-3-2-4-15(25)20(14)26-23(24)33/h2-8,16,18-19,27H,9-11H2,1H3,(H,26,33)(H,29,30)/t16-,18+,19-,24-/m0/s1. The lowest BCUT2D eigenvalue weighted by Gasteiger charge is -2.29. The molecule has 3 N–H and O–H groups in total. The van der Waals surface area contributed by atoms with Gasteiger partial charge < -0.3 is 15.2 Å². The van der Waals surface area contributed by atoms with Crippen molar-refractivity contribution in [1.82, 2.24) is 10.2 Å². The zero-order chi connectivity index (χ0) is 24.2. The van der Waals surface area contributed by atoms with Crippen molar-refractivity contribution in [2.45, 2.75) is 31.0 Å². The van der Waals surface area contributed by atoms with Crippen molar-refractivity contribution in [3.8, 4) is 5.75 Å². The van der Waals surface area contributed by atoms with Crippen LogP contribution in [-0.2, 0) is 31.3 Å². The first kappa shape index (κ1) is 22.4. The second-order valence-electron chi connectivity index (χ2n) is 8.72. The van der Waals surface area contributed by atoms with Crippen LogP contribution in [0.3, 0.4) is 0 Å². The van der Waals surface area contributed by atoms with E-state index < -0.39 is 47.1 Å². The molecule has 0 aliphatic carbocycles. The minimum atomic E-state index is -1.50. The van der Waals surface area contributed by atoms with Gasteiger partial charge in [0.2, 0.25) is 17.7 Å². The Morgan fingerprint density at radius 3 is 2.56 bits per heavy atom. The molecule has 2 aromatic carbocycles. The molecule has 0 unspecified atom stereocenters. The van der Waals surface area contributed by atoms with Gasteiger partial charge in [-0.15, -0.1) is 0 Å². The minimum Gasteiger partial charge on any atom is -0.497 e. The fraction of sp³-hybridized carbons (Fsp3) is 0.333. The Kier molecular flexibility index (Phi) is 5.33. The van der Waals surface area contributed by atoms with Gasteiger partial charge in [-0.05, 0) is 30.2 Å². The molecule has 3 aliphatic heterocycles. The molecule has 4 atom stereocenters. The van der Waals surface area contributed by atoms with E-state index in [1.807, 2.05) is 0 Å². The minimum absolute atomic E-state index is 0.0421. The van der Waals surface area contributed by atoms with Crippen molar-refractivity contribution in [1.29, 1.82) is 0 Å². The number of nitrogens with one attached hydrogen (secondary N) is 2. The Morgan fingerprint density at radius 2 is 1.88 bits per heavy atom. The molecule has 34 heavy (non-hydrogen) atoms. The monoisotopic (exact) mass is 483 g/mol. The van der Waals surface area contributed by atoms with Crippen LogP contribution in [0.15, 0.2) is 42.5 Å². The Hall–Kier alpha value is -3.43. The number of hydrogen-bond donors (Lipinski definition) is 3. The number of carboxylic acids is 1. The second kappa shape index (κ2) is 8.11. The fourth-order valence-electron chi connectivity index (χ4n) is 5.45. The van der Waals surface area contributed by atoms with Gasteiger partial charge in [-0.25, -0.2) is 0 Å². The maximum atomic E-state index is 13.7. The van der Waals surface area contributed by atoms with Crippen molar-refractivity contribution < 1.29 is 29.0 Å². The molecular weight excluding hydrogens is 462 g/mol. The van der Waals surface area contributed by atoms with Gasteiger partial charge in [0.05, 0.1) is 36.2 Å². The number of carbonyl (C=O) groups is 4. The average molecular weight is 484 g/mol. The number of ether oxygens (including phenoxy) is 1. The van der Waals surface area contributed by atoms with E-state index in [2.05, 4.69) is 10.6 Å². The van der Waals surface area contributed by atoms with E-state index in [1.54, 1.807) is 49.6 Å². The summed E-state index contributed by atoms with van der Waals surface area (Å²) >= 11 is 6.31. The lowest BCUT2D eigenvalue weighted by Crippen LogP contribution is -2.53. The van der Waals surface area contributed by atoms with E-state index in [-0.39, 0.29) is 19.4 Å². The van der Waals surface area contributed by atoms with Gasteiger partial charge in [0, 0.05) is 18.0 Å². The molecule has 0 radical (unpaired) electrons. The molecule has 2 fully saturated rings. The van der Waals surface area contributed by atoms with Crippen molar-refractivity contribution in [3.63, 3.8) is 0 Å². The number of benzene rings is 2. The van der Waals surface area contributed by atoms with Crippen LogP contribution < -0.4 is 15.4 Å². The summed E-state index contributed by atoms with van der Waals surface area (Å²) in [6, 6.07) is 11.3. The summed E-state index contributed by atoms with van der Waals surface area (Å²) in [5.74, 6) is -3.64. The maximum absolute atomic E-state index is 13.7. The maximum Gasteiger partial charge on any atom is 0.303 e. The van der Waals surface area contributed by atoms with E-state index in [0.717, 1.165) is 5.56 Å². The first-order chi connectivity index (χ1) is 16.3. The first-order valence-corrected chi connectivity index (χ1v) is 11.2. The summed E-state index contributed by atoms with van der Waals surface area (Å²) < 4.78 is 5.16. The van der Waals surface area contributed by atoms with Crippen molar-refractivity contribution >= 4 is 41.0 Å². The van der Waals surface area contributed by atoms with Gasteiger partial charge in [-0.3, -0.25) is 29.4 Å². The Bertz CT molecular complexity index is 1220. The first-order valence-electron chi connectivity index (χ1n) is 10.9. The van der Waals surface area contributed by atoms with Gasteiger partial charge >= 0.3 is 5.97 Å². The van der Waals surface area contributed by atoms with Crippen LogP contribution in [0.1, 0.15) is 24.0 Å². The number of hydrogen-bond acceptors (Lipinski definition) is 6. The highest BCUT2D eigenvalue weighted by atomic mass is 35.5. The van der Waals surface area contributed by atoms with E-state index in [0.29, 0.717) is 22.0 Å². The van der Waals surface area contributed by atoms with Crippen LogP contribution >= 0.6 is 11.6 Å². The number of anilines is 1. The second-order valence-corrected chi connectivity index (χ2v) is 9.13. The molecule has 1 spiro atoms. The highest BCUT2D eigenvalue weighted by Gasteiger charge is 2.70. The molecule has 3 heterocycles. The predicted octanol–water partition coefficient (Wildman–Crippen LogP) is 2.13. The number of amides is 3. The zero-order valence-electron chi connectivity index (χ0n) is 18.2. The van der Waals surface area contributed by atoms with E-state index in [4.69, 9.17) is 16.3 Å². The largest absolute Gasteiger partial charge is 0.497 e. The van der Waals surface area contributed by atoms with Crippen molar-refractivity contribution in [2.75, 3.05) is 12.4 Å². The Morgan fingerprint density at radius 1 is 1.15 bits per heavy atom. The van der Waals surface area contributed by atoms with Crippen LogP contribution in [-0.4, -0.2) is 46.8 Å². The molecule has 0 saturated carbocycles. The van der Waals surface area contributed by atoms with Crippen LogP contribution in [0.4, 0.5) is 5.69 Å². The van der Waals surface area contributed by atoms with Crippen LogP contribution in [0.2, 0.25) is 5.02 Å². The van der Waals surface area contributed by atoms with Crippen molar-refractivity contribution in [2.24, 2.45) is 11.8 Å². The molecule has 2 aromatic rings. The van der Waals surface area contributed by atoms with Gasteiger partial charge in [0.25, 0.3) is 0 Å². The molecule has 5 rings (SSSR count).